The lowest BCUT2D eigenvalue weighted by Crippen LogP contribution is -2.02. The number of rotatable bonds is 4. The fourth-order valence-corrected chi connectivity index (χ4v) is 1.23. The van der Waals surface area contributed by atoms with Crippen molar-refractivity contribution in [3.8, 4) is 5.75 Å². The summed E-state index contributed by atoms with van der Waals surface area (Å²) in [5.41, 5.74) is 0.929. The largest absolute Gasteiger partial charge is 0.496 e. The molecule has 0 spiro atoms. The molecule has 0 saturated heterocycles. The van der Waals surface area contributed by atoms with E-state index in [-0.39, 0.29) is 0 Å². The Morgan fingerprint density at radius 3 is 2.64 bits per heavy atom. The van der Waals surface area contributed by atoms with E-state index >= 15 is 0 Å². The number of oxime groups is 1. The zero-order chi connectivity index (χ0) is 10.4. The van der Waals surface area contributed by atoms with E-state index in [2.05, 4.69) is 5.16 Å². The van der Waals surface area contributed by atoms with Crippen LogP contribution in [0.25, 0.3) is 0 Å². The van der Waals surface area contributed by atoms with Gasteiger partial charge in [-0.15, -0.1) is 5.16 Å². The van der Waals surface area contributed by atoms with Crippen LogP contribution in [0.4, 0.5) is 0 Å². The Kier molecular flexibility index (Phi) is 4.19. The average Bonchev–Trinajstić information content (AvgIpc) is 2.18. The molecule has 0 aliphatic rings. The van der Waals surface area contributed by atoms with Gasteiger partial charge in [-0.25, -0.2) is 0 Å². The minimum atomic E-state index is -0.762. The molecule has 0 saturated carbocycles. The Labute approximate surface area is 86.1 Å². The first-order valence-corrected chi connectivity index (χ1v) is 6.78. The maximum Gasteiger partial charge on any atom is 0.313 e. The number of hydrogen-bond donors (Lipinski definition) is 0. The van der Waals surface area contributed by atoms with Crippen molar-refractivity contribution in [3.05, 3.63) is 29.8 Å². The van der Waals surface area contributed by atoms with Gasteiger partial charge in [-0.05, 0) is 25.2 Å². The quantitative estimate of drug-likeness (QED) is 0.432. The zero-order valence-electron chi connectivity index (χ0n) is 8.65. The summed E-state index contributed by atoms with van der Waals surface area (Å²) in [6.07, 6.45) is 1.68. The minimum Gasteiger partial charge on any atom is -0.496 e. The summed E-state index contributed by atoms with van der Waals surface area (Å²) < 4.78 is 10.3. The molecular formula is C10H14NO2Si. The lowest BCUT2D eigenvalue weighted by Gasteiger charge is -2.03. The molecule has 1 aromatic carbocycles. The van der Waals surface area contributed by atoms with Gasteiger partial charge in [0, 0.05) is 5.56 Å². The minimum absolute atomic E-state index is 0.762. The van der Waals surface area contributed by atoms with Crippen molar-refractivity contribution in [1.82, 2.24) is 0 Å². The van der Waals surface area contributed by atoms with Gasteiger partial charge in [0.1, 0.15) is 5.75 Å². The highest BCUT2D eigenvalue weighted by Crippen LogP contribution is 2.14. The second-order valence-electron chi connectivity index (χ2n) is 2.98. The van der Waals surface area contributed by atoms with Crippen molar-refractivity contribution in [2.24, 2.45) is 5.16 Å². The number of hydrogen-bond acceptors (Lipinski definition) is 3. The molecule has 0 fully saturated rings. The molecule has 4 heteroatoms. The van der Waals surface area contributed by atoms with Gasteiger partial charge >= 0.3 is 9.04 Å². The molecule has 1 aromatic rings. The van der Waals surface area contributed by atoms with Crippen molar-refractivity contribution < 1.29 is 9.26 Å². The third-order valence-corrected chi connectivity index (χ3v) is 2.04. The van der Waals surface area contributed by atoms with Crippen LogP contribution in [-0.4, -0.2) is 22.4 Å². The molecule has 0 aliphatic carbocycles. The normalized spacial score (nSPS) is 10.9. The van der Waals surface area contributed by atoms with E-state index in [4.69, 9.17) is 9.26 Å². The zero-order valence-corrected chi connectivity index (χ0v) is 9.65. The van der Waals surface area contributed by atoms with Crippen LogP contribution in [0, 0.1) is 0 Å². The number of ether oxygens (including phenoxy) is 1. The Bertz CT molecular complexity index is 313. The molecule has 0 heterocycles. The Morgan fingerprint density at radius 2 is 2.00 bits per heavy atom. The molecule has 14 heavy (non-hydrogen) atoms. The smallest absolute Gasteiger partial charge is 0.313 e. The van der Waals surface area contributed by atoms with Gasteiger partial charge in [-0.1, -0.05) is 12.1 Å². The average molecular weight is 208 g/mol. The maximum atomic E-state index is 5.16. The van der Waals surface area contributed by atoms with Crippen LogP contribution < -0.4 is 4.74 Å². The fourth-order valence-electron chi connectivity index (χ4n) is 0.962. The van der Waals surface area contributed by atoms with Crippen LogP contribution in [0.15, 0.2) is 29.4 Å². The van der Waals surface area contributed by atoms with Crippen LogP contribution in [0.2, 0.25) is 13.1 Å². The second kappa shape index (κ2) is 5.44. The second-order valence-corrected chi connectivity index (χ2v) is 4.98. The van der Waals surface area contributed by atoms with E-state index < -0.39 is 9.04 Å². The predicted molar refractivity (Wildman–Crippen MR) is 59.2 cm³/mol. The highest BCUT2D eigenvalue weighted by atomic mass is 28.3. The number of methoxy groups -OCH3 is 1. The van der Waals surface area contributed by atoms with Crippen molar-refractivity contribution in [2.45, 2.75) is 13.1 Å². The fraction of sp³-hybridized carbons (Fsp3) is 0.300. The molecule has 0 bridgehead atoms. The predicted octanol–water partition coefficient (Wildman–Crippen LogP) is 2.30. The first-order valence-electron chi connectivity index (χ1n) is 4.37. The highest BCUT2D eigenvalue weighted by molar-refractivity contribution is 6.48. The number of benzene rings is 1. The van der Waals surface area contributed by atoms with Crippen LogP contribution >= 0.6 is 0 Å². The number of para-hydroxylation sites is 1. The van der Waals surface area contributed by atoms with E-state index in [1.807, 2.05) is 37.4 Å². The topological polar surface area (TPSA) is 30.8 Å². The van der Waals surface area contributed by atoms with Crippen molar-refractivity contribution in [2.75, 3.05) is 7.11 Å². The van der Waals surface area contributed by atoms with E-state index in [1.165, 1.54) is 0 Å². The summed E-state index contributed by atoms with van der Waals surface area (Å²) in [4.78, 5) is 0. The Balaban J connectivity index is 2.70. The summed E-state index contributed by atoms with van der Waals surface area (Å²) in [6, 6.07) is 7.69. The molecule has 0 aromatic heterocycles. The summed E-state index contributed by atoms with van der Waals surface area (Å²) in [6.45, 7) is 4.06. The van der Waals surface area contributed by atoms with Crippen molar-refractivity contribution >= 4 is 15.3 Å². The first-order chi connectivity index (χ1) is 6.74. The van der Waals surface area contributed by atoms with Gasteiger partial charge in [-0.2, -0.15) is 0 Å². The number of nitrogens with zero attached hydrogens (tertiary/aromatic N) is 1. The van der Waals surface area contributed by atoms with Gasteiger partial charge in [-0.3, -0.25) is 0 Å². The molecule has 0 unspecified atom stereocenters. The third-order valence-electron chi connectivity index (χ3n) is 1.57. The van der Waals surface area contributed by atoms with E-state index in [1.54, 1.807) is 13.3 Å². The van der Waals surface area contributed by atoms with Gasteiger partial charge in [0.25, 0.3) is 0 Å². The molecule has 0 N–H and O–H groups in total. The lowest BCUT2D eigenvalue weighted by atomic mass is 10.2. The molecular weight excluding hydrogens is 194 g/mol. The van der Waals surface area contributed by atoms with Gasteiger partial charge in [0.2, 0.25) is 0 Å². The third kappa shape index (κ3) is 3.22. The van der Waals surface area contributed by atoms with E-state index in [0.29, 0.717) is 0 Å². The molecule has 0 atom stereocenters. The Morgan fingerprint density at radius 1 is 1.29 bits per heavy atom. The summed E-state index contributed by atoms with van der Waals surface area (Å²) in [5.74, 6) is 0.806. The molecule has 75 valence electrons. The Hall–Kier alpha value is -1.29. The highest BCUT2D eigenvalue weighted by Gasteiger charge is 1.98. The van der Waals surface area contributed by atoms with Gasteiger partial charge in [0.15, 0.2) is 0 Å². The lowest BCUT2D eigenvalue weighted by molar-refractivity contribution is 0.354. The molecule has 0 aliphatic heterocycles. The standard InChI is InChI=1S/C10H14NO2Si/c1-12-10-7-5-4-6-9(10)8-11-13-14(2)3/h4-8H,1-3H3. The van der Waals surface area contributed by atoms with Gasteiger partial charge < -0.3 is 9.26 Å². The van der Waals surface area contributed by atoms with Crippen LogP contribution in [0.1, 0.15) is 5.56 Å². The molecule has 1 rings (SSSR count). The monoisotopic (exact) mass is 208 g/mol. The SMILES string of the molecule is COc1ccccc1C=NO[Si](C)C. The maximum absolute atomic E-state index is 5.16. The van der Waals surface area contributed by atoms with E-state index in [0.717, 1.165) is 11.3 Å². The summed E-state index contributed by atoms with van der Waals surface area (Å²) >= 11 is 0. The van der Waals surface area contributed by atoms with Crippen molar-refractivity contribution in [3.63, 3.8) is 0 Å². The van der Waals surface area contributed by atoms with E-state index in [9.17, 15) is 0 Å². The summed E-state index contributed by atoms with van der Waals surface area (Å²) in [5, 5.41) is 3.89. The van der Waals surface area contributed by atoms with Crippen molar-refractivity contribution in [1.29, 1.82) is 0 Å². The molecule has 3 nitrogen and oxygen atoms in total. The molecule has 0 amide bonds. The first kappa shape index (κ1) is 10.8. The van der Waals surface area contributed by atoms with Crippen LogP contribution in [-0.2, 0) is 4.53 Å². The van der Waals surface area contributed by atoms with Gasteiger partial charge in [0.05, 0.1) is 13.3 Å². The molecule has 1 radical (unpaired) electrons. The van der Waals surface area contributed by atoms with Crippen LogP contribution in [0.3, 0.4) is 0 Å². The van der Waals surface area contributed by atoms with Crippen LogP contribution in [0.5, 0.6) is 5.75 Å². The summed E-state index contributed by atoms with van der Waals surface area (Å²) in [7, 11) is 0.879.